The van der Waals surface area contributed by atoms with Crippen molar-refractivity contribution in [3.05, 3.63) is 212 Å². The minimum atomic E-state index is -0.918. The van der Waals surface area contributed by atoms with Gasteiger partial charge in [-0.2, -0.15) is 0 Å². The third-order valence-electron chi connectivity index (χ3n) is 14.5. The van der Waals surface area contributed by atoms with E-state index in [4.69, 9.17) is 9.47 Å². The molecule has 0 spiro atoms. The van der Waals surface area contributed by atoms with Gasteiger partial charge < -0.3 is 60.5 Å². The fourth-order valence-corrected chi connectivity index (χ4v) is 12.0. The molecular formula is C56H42O12. The Morgan fingerprint density at radius 2 is 0.559 bits per heavy atom. The topological polar surface area (TPSA) is 221 Å². The Morgan fingerprint density at radius 1 is 0.265 bits per heavy atom. The van der Waals surface area contributed by atoms with E-state index in [1.54, 1.807) is 121 Å². The molecule has 0 saturated carbocycles. The van der Waals surface area contributed by atoms with E-state index in [0.717, 1.165) is 0 Å². The van der Waals surface area contributed by atoms with Gasteiger partial charge in [0.15, 0.2) is 0 Å². The van der Waals surface area contributed by atoms with Crippen LogP contribution in [-0.4, -0.2) is 51.1 Å². The molecule has 0 aromatic heterocycles. The molecule has 8 aromatic carbocycles. The summed E-state index contributed by atoms with van der Waals surface area (Å²) >= 11 is 0. The predicted octanol–water partition coefficient (Wildman–Crippen LogP) is 10.4. The van der Waals surface area contributed by atoms with Crippen molar-refractivity contribution in [2.45, 2.75) is 47.7 Å². The van der Waals surface area contributed by atoms with Crippen LogP contribution in [0.5, 0.6) is 69.0 Å². The van der Waals surface area contributed by atoms with Crippen molar-refractivity contribution in [1.29, 1.82) is 0 Å². The first-order chi connectivity index (χ1) is 32.8. The van der Waals surface area contributed by atoms with Crippen LogP contribution in [0.4, 0.5) is 0 Å². The fourth-order valence-electron chi connectivity index (χ4n) is 12.0. The molecule has 0 radical (unpaired) electrons. The standard InChI is InChI=1S/C56H42O12/c57-29-9-1-25(2-10-29)45-47-37(17-33(61)21-41(47)65)53-49-39(19-35(63)23-43(49)67-55(53)27-5-13-31(59)14-6-27)51(45)52-40-20-36(64)24-44-50(40)54(56(68-44)28-7-15-32(60)16-8-28)38-18-34(62)22-42(66)48(38)46(52)26-3-11-30(58)12-4-26/h1-24,45-46,51-66H/t45-,46-,51+,52+,53+,54+,55-,56-/m0/s1. The number of phenolic OH excluding ortho intramolecular Hbond substituents is 10. The lowest BCUT2D eigenvalue weighted by atomic mass is 9.62. The monoisotopic (exact) mass is 906 g/mol. The van der Waals surface area contributed by atoms with Gasteiger partial charge >= 0.3 is 0 Å². The van der Waals surface area contributed by atoms with E-state index in [-0.39, 0.29) is 57.5 Å². The lowest BCUT2D eigenvalue weighted by Crippen LogP contribution is -2.26. The summed E-state index contributed by atoms with van der Waals surface area (Å²) < 4.78 is 13.7. The lowest BCUT2D eigenvalue weighted by Gasteiger charge is -2.40. The first-order valence-corrected chi connectivity index (χ1v) is 22.2. The molecule has 0 unspecified atom stereocenters. The molecule has 0 saturated heterocycles. The number of benzene rings is 8. The molecule has 2 aliphatic heterocycles. The largest absolute Gasteiger partial charge is 0.508 e. The van der Waals surface area contributed by atoms with Gasteiger partial charge in [-0.25, -0.2) is 0 Å². The zero-order chi connectivity index (χ0) is 46.9. The van der Waals surface area contributed by atoms with Crippen LogP contribution in [0.15, 0.2) is 146 Å². The summed E-state index contributed by atoms with van der Waals surface area (Å²) in [6, 6.07) is 38.4. The minimum Gasteiger partial charge on any atom is -0.508 e. The van der Waals surface area contributed by atoms with E-state index in [2.05, 4.69) is 0 Å². The summed E-state index contributed by atoms with van der Waals surface area (Å²) in [5.41, 5.74) is 6.75. The van der Waals surface area contributed by atoms with Gasteiger partial charge in [0.2, 0.25) is 0 Å². The average molecular weight is 907 g/mol. The van der Waals surface area contributed by atoms with E-state index >= 15 is 0 Å². The van der Waals surface area contributed by atoms with Gasteiger partial charge in [-0.3, -0.25) is 0 Å². The number of aromatic hydroxyl groups is 10. The maximum atomic E-state index is 12.5. The van der Waals surface area contributed by atoms with Gasteiger partial charge in [0, 0.05) is 70.2 Å². The molecule has 12 rings (SSSR count). The molecule has 12 heteroatoms. The van der Waals surface area contributed by atoms with E-state index in [1.165, 1.54) is 24.3 Å². The number of ether oxygens (including phenoxy) is 2. The van der Waals surface area contributed by atoms with Crippen LogP contribution in [-0.2, 0) is 0 Å². The molecule has 0 bridgehead atoms. The van der Waals surface area contributed by atoms with Crippen molar-refractivity contribution >= 4 is 0 Å². The molecule has 8 atom stereocenters. The van der Waals surface area contributed by atoms with Crippen LogP contribution in [0.3, 0.4) is 0 Å². The fraction of sp³-hybridized carbons (Fsp3) is 0.143. The van der Waals surface area contributed by atoms with Crippen LogP contribution < -0.4 is 9.47 Å². The highest BCUT2D eigenvalue weighted by molar-refractivity contribution is 5.71. The Bertz CT molecular complexity index is 3110. The summed E-state index contributed by atoms with van der Waals surface area (Å²) in [6.45, 7) is 0. The van der Waals surface area contributed by atoms with E-state index < -0.39 is 47.7 Å². The molecule has 4 aliphatic rings. The minimum absolute atomic E-state index is 0.0182. The number of hydrogen-bond acceptors (Lipinski definition) is 12. The van der Waals surface area contributed by atoms with Crippen molar-refractivity contribution in [1.82, 2.24) is 0 Å². The third-order valence-corrected chi connectivity index (χ3v) is 14.5. The van der Waals surface area contributed by atoms with Gasteiger partial charge in [-0.05, 0) is 117 Å². The molecule has 0 amide bonds. The molecule has 2 heterocycles. The predicted molar refractivity (Wildman–Crippen MR) is 248 cm³/mol. The number of fused-ring (bicyclic) bond motifs is 4. The average Bonchev–Trinajstić information content (AvgIpc) is 3.81. The second kappa shape index (κ2) is 14.9. The quantitative estimate of drug-likeness (QED) is 0.0780. The molecule has 8 aromatic rings. The molecule has 68 heavy (non-hydrogen) atoms. The van der Waals surface area contributed by atoms with E-state index in [1.807, 2.05) is 0 Å². The Labute approximate surface area is 388 Å². The van der Waals surface area contributed by atoms with Crippen molar-refractivity contribution in [2.75, 3.05) is 0 Å². The molecular weight excluding hydrogens is 865 g/mol. The number of hydrogen-bond donors (Lipinski definition) is 10. The summed E-state index contributed by atoms with van der Waals surface area (Å²) in [4.78, 5) is 0. The molecule has 10 N–H and O–H groups in total. The van der Waals surface area contributed by atoms with Crippen LogP contribution >= 0.6 is 0 Å². The normalized spacial score (nSPS) is 22.6. The van der Waals surface area contributed by atoms with Crippen molar-refractivity contribution < 1.29 is 60.5 Å². The number of phenols is 10. The van der Waals surface area contributed by atoms with Crippen LogP contribution in [0.25, 0.3) is 0 Å². The van der Waals surface area contributed by atoms with E-state index in [0.29, 0.717) is 78.3 Å². The van der Waals surface area contributed by atoms with Crippen LogP contribution in [0, 0.1) is 0 Å². The van der Waals surface area contributed by atoms with Gasteiger partial charge in [-0.15, -0.1) is 0 Å². The Balaban J connectivity index is 1.25. The molecule has 2 aliphatic carbocycles. The van der Waals surface area contributed by atoms with Crippen molar-refractivity contribution in [3.63, 3.8) is 0 Å². The first-order valence-electron chi connectivity index (χ1n) is 22.2. The summed E-state index contributed by atoms with van der Waals surface area (Å²) in [7, 11) is 0. The molecule has 338 valence electrons. The second-order valence-corrected chi connectivity index (χ2v) is 18.2. The first kappa shape index (κ1) is 40.8. The highest BCUT2D eigenvalue weighted by Gasteiger charge is 2.55. The summed E-state index contributed by atoms with van der Waals surface area (Å²) in [5.74, 6) is -5.69. The van der Waals surface area contributed by atoms with Gasteiger partial charge in [0.05, 0.1) is 11.8 Å². The maximum Gasteiger partial charge on any atom is 0.135 e. The summed E-state index contributed by atoms with van der Waals surface area (Å²) in [5, 5.41) is 114. The Kier molecular flexibility index (Phi) is 8.97. The SMILES string of the molecule is Oc1ccc([C@H]2c3c(O)cc(O)cc3[C@@H]3c4c(cc(O)cc4[C@H]2[C@@H]2c4cc(O)cc5c4[C@@H](c4cc(O)cc(O)c4[C@@H]2c2ccc(O)cc2)[C@H](c2ccc(O)cc2)O5)O[C@H]3c2ccc(O)cc2)cc1. The van der Waals surface area contributed by atoms with Crippen LogP contribution in [0.2, 0.25) is 0 Å². The lowest BCUT2D eigenvalue weighted by molar-refractivity contribution is 0.221. The van der Waals surface area contributed by atoms with E-state index in [9.17, 15) is 51.1 Å². The molecule has 12 nitrogen and oxygen atoms in total. The van der Waals surface area contributed by atoms with Crippen molar-refractivity contribution in [2.24, 2.45) is 0 Å². The highest BCUT2D eigenvalue weighted by atomic mass is 16.5. The van der Waals surface area contributed by atoms with Gasteiger partial charge in [-0.1, -0.05) is 48.5 Å². The Morgan fingerprint density at radius 3 is 0.897 bits per heavy atom. The van der Waals surface area contributed by atoms with Crippen molar-refractivity contribution in [3.8, 4) is 69.0 Å². The number of rotatable bonds is 5. The van der Waals surface area contributed by atoms with Crippen LogP contribution in [0.1, 0.15) is 114 Å². The summed E-state index contributed by atoms with van der Waals surface area (Å²) in [6.07, 6.45) is -1.62. The zero-order valence-electron chi connectivity index (χ0n) is 35.8. The van der Waals surface area contributed by atoms with Gasteiger partial charge in [0.1, 0.15) is 81.2 Å². The maximum absolute atomic E-state index is 12.5. The third kappa shape index (κ3) is 6.20. The zero-order valence-corrected chi connectivity index (χ0v) is 35.8. The second-order valence-electron chi connectivity index (χ2n) is 18.2. The highest BCUT2D eigenvalue weighted by Crippen LogP contribution is 2.69. The van der Waals surface area contributed by atoms with Gasteiger partial charge in [0.25, 0.3) is 0 Å². The Hall–Kier alpha value is -8.64. The smallest absolute Gasteiger partial charge is 0.135 e. The molecule has 0 fully saturated rings.